The van der Waals surface area contributed by atoms with Crippen molar-refractivity contribution in [3.63, 3.8) is 0 Å². The zero-order valence-electron chi connectivity index (χ0n) is 12.0. The van der Waals surface area contributed by atoms with Gasteiger partial charge in [-0.15, -0.1) is 0 Å². The Labute approximate surface area is 120 Å². The molecule has 5 nitrogen and oxygen atoms in total. The first-order valence-corrected chi connectivity index (χ1v) is 6.95. The third-order valence-corrected chi connectivity index (χ3v) is 2.69. The summed E-state index contributed by atoms with van der Waals surface area (Å²) in [6.45, 7) is 3.50. The van der Waals surface area contributed by atoms with Crippen LogP contribution in [-0.4, -0.2) is 31.6 Å². The standard InChI is InChI=1S/C15H23N3O2/c1-2-20-14(19)9-6-11-17-15(16)18-12-10-13-7-4-3-5-8-13/h3-5,7-8H,2,6,9-12H2,1H3,(H3,16,17,18). The van der Waals surface area contributed by atoms with Crippen LogP contribution >= 0.6 is 0 Å². The van der Waals surface area contributed by atoms with Crippen LogP contribution in [0.25, 0.3) is 0 Å². The summed E-state index contributed by atoms with van der Waals surface area (Å²) in [6, 6.07) is 10.2. The number of rotatable bonds is 8. The largest absolute Gasteiger partial charge is 0.466 e. The molecule has 0 saturated carbocycles. The predicted octanol–water partition coefficient (Wildman–Crippen LogP) is 1.48. The maximum atomic E-state index is 11.1. The van der Waals surface area contributed by atoms with Crippen LogP contribution in [0.4, 0.5) is 0 Å². The first-order valence-electron chi connectivity index (χ1n) is 6.95. The van der Waals surface area contributed by atoms with Gasteiger partial charge in [-0.05, 0) is 25.3 Å². The van der Waals surface area contributed by atoms with E-state index in [-0.39, 0.29) is 5.97 Å². The van der Waals surface area contributed by atoms with Gasteiger partial charge in [-0.2, -0.15) is 0 Å². The van der Waals surface area contributed by atoms with Crippen LogP contribution in [0.5, 0.6) is 0 Å². The van der Waals surface area contributed by atoms with Crippen molar-refractivity contribution in [3.8, 4) is 0 Å². The van der Waals surface area contributed by atoms with E-state index in [2.05, 4.69) is 22.4 Å². The van der Waals surface area contributed by atoms with Crippen molar-refractivity contribution >= 4 is 11.9 Å². The van der Waals surface area contributed by atoms with Gasteiger partial charge >= 0.3 is 5.97 Å². The molecule has 0 unspecified atom stereocenters. The number of aliphatic imine (C=N–C) groups is 1. The molecule has 0 radical (unpaired) electrons. The summed E-state index contributed by atoms with van der Waals surface area (Å²) in [7, 11) is 0. The minimum absolute atomic E-state index is 0.182. The minimum Gasteiger partial charge on any atom is -0.466 e. The van der Waals surface area contributed by atoms with Crippen LogP contribution in [0.15, 0.2) is 35.3 Å². The lowest BCUT2D eigenvalue weighted by atomic mass is 10.1. The minimum atomic E-state index is -0.182. The lowest BCUT2D eigenvalue weighted by Gasteiger charge is -2.05. The molecule has 0 saturated heterocycles. The number of ether oxygens (including phenoxy) is 1. The Kier molecular flexibility index (Phi) is 7.87. The van der Waals surface area contributed by atoms with Gasteiger partial charge < -0.3 is 15.8 Å². The fourth-order valence-electron chi connectivity index (χ4n) is 1.69. The van der Waals surface area contributed by atoms with Gasteiger partial charge in [0.15, 0.2) is 5.96 Å². The topological polar surface area (TPSA) is 76.7 Å². The molecule has 0 amide bonds. The number of carbonyl (C=O) groups is 1. The highest BCUT2D eigenvalue weighted by Crippen LogP contribution is 1.98. The summed E-state index contributed by atoms with van der Waals surface area (Å²) in [5, 5.41) is 3.06. The molecule has 0 fully saturated rings. The molecule has 1 aromatic rings. The van der Waals surface area contributed by atoms with Crippen molar-refractivity contribution in [2.24, 2.45) is 10.7 Å². The quantitative estimate of drug-likeness (QED) is 0.326. The van der Waals surface area contributed by atoms with Gasteiger partial charge in [0.1, 0.15) is 0 Å². The molecule has 0 heterocycles. The van der Waals surface area contributed by atoms with E-state index in [0.717, 1.165) is 13.0 Å². The fraction of sp³-hybridized carbons (Fsp3) is 0.467. The number of carbonyl (C=O) groups excluding carboxylic acids is 1. The van der Waals surface area contributed by atoms with Crippen LogP contribution in [0.1, 0.15) is 25.3 Å². The maximum absolute atomic E-state index is 11.1. The van der Waals surface area contributed by atoms with Crippen molar-refractivity contribution < 1.29 is 9.53 Å². The third-order valence-electron chi connectivity index (χ3n) is 2.69. The average molecular weight is 277 g/mol. The van der Waals surface area contributed by atoms with Crippen LogP contribution in [-0.2, 0) is 16.0 Å². The molecular formula is C15H23N3O2. The second-order valence-corrected chi connectivity index (χ2v) is 4.34. The highest BCUT2D eigenvalue weighted by molar-refractivity contribution is 5.77. The molecule has 0 aromatic heterocycles. The Balaban J connectivity index is 2.11. The predicted molar refractivity (Wildman–Crippen MR) is 80.5 cm³/mol. The van der Waals surface area contributed by atoms with Crippen molar-refractivity contribution in [1.82, 2.24) is 5.32 Å². The molecule has 0 aliphatic rings. The Morgan fingerprint density at radius 3 is 2.80 bits per heavy atom. The second kappa shape index (κ2) is 9.83. The summed E-state index contributed by atoms with van der Waals surface area (Å²) in [5.74, 6) is 0.239. The highest BCUT2D eigenvalue weighted by Gasteiger charge is 2.00. The van der Waals surface area contributed by atoms with E-state index in [0.29, 0.717) is 32.0 Å². The Bertz CT molecular complexity index is 418. The lowest BCUT2D eigenvalue weighted by Crippen LogP contribution is -2.33. The number of hydrogen-bond donors (Lipinski definition) is 2. The molecular weight excluding hydrogens is 254 g/mol. The van der Waals surface area contributed by atoms with Gasteiger partial charge in [-0.1, -0.05) is 30.3 Å². The molecule has 0 bridgehead atoms. The molecule has 20 heavy (non-hydrogen) atoms. The molecule has 0 aliphatic carbocycles. The first kappa shape index (κ1) is 16.0. The number of esters is 1. The van der Waals surface area contributed by atoms with E-state index < -0.39 is 0 Å². The number of nitrogens with two attached hydrogens (primary N) is 1. The Morgan fingerprint density at radius 1 is 1.35 bits per heavy atom. The SMILES string of the molecule is CCOC(=O)CCCN=C(N)NCCc1ccccc1. The summed E-state index contributed by atoms with van der Waals surface area (Å²) in [5.41, 5.74) is 7.00. The number of nitrogens with one attached hydrogen (secondary N) is 1. The van der Waals surface area contributed by atoms with E-state index in [1.54, 1.807) is 6.92 Å². The average Bonchev–Trinajstić information content (AvgIpc) is 2.45. The monoisotopic (exact) mass is 277 g/mol. The summed E-state index contributed by atoms with van der Waals surface area (Å²) in [6.07, 6.45) is 1.94. The van der Waals surface area contributed by atoms with Crippen LogP contribution in [0.3, 0.4) is 0 Å². The van der Waals surface area contributed by atoms with Gasteiger partial charge in [0.25, 0.3) is 0 Å². The van der Waals surface area contributed by atoms with Crippen LogP contribution in [0.2, 0.25) is 0 Å². The molecule has 5 heteroatoms. The normalized spacial score (nSPS) is 11.2. The van der Waals surface area contributed by atoms with Gasteiger partial charge in [0.2, 0.25) is 0 Å². The summed E-state index contributed by atoms with van der Waals surface area (Å²) in [4.78, 5) is 15.3. The summed E-state index contributed by atoms with van der Waals surface area (Å²) >= 11 is 0. The van der Waals surface area contributed by atoms with Gasteiger partial charge in [-0.25, -0.2) is 0 Å². The van der Waals surface area contributed by atoms with Crippen molar-refractivity contribution in [1.29, 1.82) is 0 Å². The lowest BCUT2D eigenvalue weighted by molar-refractivity contribution is -0.143. The van der Waals surface area contributed by atoms with Crippen LogP contribution < -0.4 is 11.1 Å². The zero-order valence-corrected chi connectivity index (χ0v) is 12.0. The van der Waals surface area contributed by atoms with E-state index in [4.69, 9.17) is 10.5 Å². The number of hydrogen-bond acceptors (Lipinski definition) is 3. The van der Waals surface area contributed by atoms with E-state index in [1.165, 1.54) is 5.56 Å². The molecule has 0 spiro atoms. The van der Waals surface area contributed by atoms with E-state index in [9.17, 15) is 4.79 Å². The van der Waals surface area contributed by atoms with E-state index >= 15 is 0 Å². The van der Waals surface area contributed by atoms with E-state index in [1.807, 2.05) is 18.2 Å². The maximum Gasteiger partial charge on any atom is 0.305 e. The Morgan fingerprint density at radius 2 is 2.10 bits per heavy atom. The number of benzene rings is 1. The van der Waals surface area contributed by atoms with Gasteiger partial charge in [0.05, 0.1) is 6.61 Å². The molecule has 3 N–H and O–H groups in total. The smallest absolute Gasteiger partial charge is 0.305 e. The van der Waals surface area contributed by atoms with Gasteiger partial charge in [-0.3, -0.25) is 9.79 Å². The van der Waals surface area contributed by atoms with Crippen molar-refractivity contribution in [2.75, 3.05) is 19.7 Å². The van der Waals surface area contributed by atoms with Gasteiger partial charge in [0, 0.05) is 19.5 Å². The second-order valence-electron chi connectivity index (χ2n) is 4.34. The number of nitrogens with zero attached hydrogens (tertiary/aromatic N) is 1. The van der Waals surface area contributed by atoms with Crippen molar-refractivity contribution in [3.05, 3.63) is 35.9 Å². The third kappa shape index (κ3) is 7.41. The molecule has 0 aliphatic heterocycles. The summed E-state index contributed by atoms with van der Waals surface area (Å²) < 4.78 is 4.83. The zero-order chi connectivity index (χ0) is 14.6. The molecule has 0 atom stereocenters. The number of guanidine groups is 1. The molecule has 1 aromatic carbocycles. The fourth-order valence-corrected chi connectivity index (χ4v) is 1.69. The molecule has 1 rings (SSSR count). The van der Waals surface area contributed by atoms with Crippen molar-refractivity contribution in [2.45, 2.75) is 26.2 Å². The van der Waals surface area contributed by atoms with Crippen LogP contribution in [0, 0.1) is 0 Å². The highest BCUT2D eigenvalue weighted by atomic mass is 16.5. The molecule has 110 valence electrons. The Hall–Kier alpha value is -2.04. The first-order chi connectivity index (χ1) is 9.72.